The quantitative estimate of drug-likeness (QED) is 0.860. The van der Waals surface area contributed by atoms with Crippen molar-refractivity contribution in [2.45, 2.75) is 25.3 Å². The van der Waals surface area contributed by atoms with Gasteiger partial charge in [-0.1, -0.05) is 36.8 Å². The van der Waals surface area contributed by atoms with Crippen molar-refractivity contribution in [1.29, 1.82) is 0 Å². The van der Waals surface area contributed by atoms with Crippen LogP contribution in [0.4, 0.5) is 0 Å². The molecule has 0 bridgehead atoms. The van der Waals surface area contributed by atoms with Crippen LogP contribution in [-0.4, -0.2) is 18.4 Å². The first-order valence-corrected chi connectivity index (χ1v) is 7.82. The van der Waals surface area contributed by atoms with Gasteiger partial charge < -0.3 is 10.5 Å². The lowest BCUT2D eigenvalue weighted by atomic mass is 10.0. The van der Waals surface area contributed by atoms with Gasteiger partial charge in [-0.2, -0.15) is 0 Å². The van der Waals surface area contributed by atoms with Gasteiger partial charge in [0.1, 0.15) is 5.75 Å². The van der Waals surface area contributed by atoms with E-state index in [2.05, 4.69) is 0 Å². The molecular formula is C19H21NO2. The van der Waals surface area contributed by atoms with Gasteiger partial charge in [0, 0.05) is 23.1 Å². The Labute approximate surface area is 131 Å². The molecular weight excluding hydrogens is 274 g/mol. The van der Waals surface area contributed by atoms with Crippen LogP contribution in [0.3, 0.4) is 0 Å². The summed E-state index contributed by atoms with van der Waals surface area (Å²) in [6.45, 7) is 0.660. The zero-order chi connectivity index (χ0) is 15.4. The number of rotatable bonds is 5. The van der Waals surface area contributed by atoms with Crippen LogP contribution in [0.15, 0.2) is 54.6 Å². The molecule has 1 aliphatic carbocycles. The van der Waals surface area contributed by atoms with Gasteiger partial charge in [-0.3, -0.25) is 4.79 Å². The summed E-state index contributed by atoms with van der Waals surface area (Å²) in [5, 5.41) is 0. The monoisotopic (exact) mass is 295 g/mol. The lowest BCUT2D eigenvalue weighted by Gasteiger charge is -2.16. The molecule has 114 valence electrons. The predicted molar refractivity (Wildman–Crippen MR) is 87.1 cm³/mol. The van der Waals surface area contributed by atoms with Crippen LogP contribution in [0.1, 0.15) is 35.2 Å². The average molecular weight is 295 g/mol. The molecule has 3 rings (SSSR count). The first-order valence-electron chi connectivity index (χ1n) is 7.82. The maximum atomic E-state index is 12.3. The Balaban J connectivity index is 1.61. The van der Waals surface area contributed by atoms with Crippen LogP contribution in [0.2, 0.25) is 0 Å². The fourth-order valence-corrected chi connectivity index (χ4v) is 2.93. The predicted octanol–water partition coefficient (Wildman–Crippen LogP) is 3.42. The Morgan fingerprint density at radius 2 is 1.68 bits per heavy atom. The topological polar surface area (TPSA) is 52.3 Å². The highest BCUT2D eigenvalue weighted by molar-refractivity contribution is 6.08. The van der Waals surface area contributed by atoms with Gasteiger partial charge in [0.15, 0.2) is 5.78 Å². The maximum absolute atomic E-state index is 12.3. The molecule has 3 nitrogen and oxygen atoms in total. The van der Waals surface area contributed by atoms with E-state index in [4.69, 9.17) is 10.5 Å². The molecule has 22 heavy (non-hydrogen) atoms. The minimum absolute atomic E-state index is 0.0324. The Morgan fingerprint density at radius 1 is 1.00 bits per heavy atom. The van der Waals surface area contributed by atoms with Gasteiger partial charge in [0.05, 0.1) is 6.61 Å². The van der Waals surface area contributed by atoms with Crippen molar-refractivity contribution in [3.8, 4) is 5.75 Å². The van der Waals surface area contributed by atoms with Gasteiger partial charge in [-0.15, -0.1) is 0 Å². The summed E-state index contributed by atoms with van der Waals surface area (Å²) in [5.74, 6) is 1.28. The van der Waals surface area contributed by atoms with Crippen LogP contribution in [0, 0.1) is 5.92 Å². The fourth-order valence-electron chi connectivity index (χ4n) is 2.93. The lowest BCUT2D eigenvalue weighted by molar-refractivity contribution is 0.103. The molecule has 3 heteroatoms. The second kappa shape index (κ2) is 6.75. The molecule has 0 unspecified atom stereocenters. The van der Waals surface area contributed by atoms with Crippen molar-refractivity contribution in [1.82, 2.24) is 0 Å². The van der Waals surface area contributed by atoms with Crippen LogP contribution >= 0.6 is 0 Å². The van der Waals surface area contributed by atoms with Crippen LogP contribution < -0.4 is 10.5 Å². The molecule has 0 aromatic heterocycles. The minimum Gasteiger partial charge on any atom is -0.493 e. The summed E-state index contributed by atoms with van der Waals surface area (Å²) in [5.41, 5.74) is 7.43. The molecule has 2 N–H and O–H groups in total. The highest BCUT2D eigenvalue weighted by atomic mass is 16.5. The molecule has 0 amide bonds. The first-order chi connectivity index (χ1) is 10.7. The summed E-state index contributed by atoms with van der Waals surface area (Å²) in [6.07, 6.45) is 3.43. The molecule has 1 saturated carbocycles. The zero-order valence-electron chi connectivity index (χ0n) is 12.6. The SMILES string of the molecule is N[C@H]1CCC[C@H]1COc1ccc(C(=O)c2ccccc2)cc1. The second-order valence-corrected chi connectivity index (χ2v) is 5.89. The van der Waals surface area contributed by atoms with Crippen molar-refractivity contribution >= 4 is 5.78 Å². The summed E-state index contributed by atoms with van der Waals surface area (Å²) in [4.78, 5) is 12.3. The summed E-state index contributed by atoms with van der Waals surface area (Å²) in [7, 11) is 0. The van der Waals surface area contributed by atoms with E-state index >= 15 is 0 Å². The van der Waals surface area contributed by atoms with Gasteiger partial charge in [0.2, 0.25) is 0 Å². The van der Waals surface area contributed by atoms with Gasteiger partial charge in [0.25, 0.3) is 0 Å². The molecule has 0 radical (unpaired) electrons. The van der Waals surface area contributed by atoms with E-state index in [1.165, 1.54) is 6.42 Å². The zero-order valence-corrected chi connectivity index (χ0v) is 12.6. The number of carbonyl (C=O) groups excluding carboxylic acids is 1. The summed E-state index contributed by atoms with van der Waals surface area (Å²) in [6, 6.07) is 16.9. The Morgan fingerprint density at radius 3 is 2.32 bits per heavy atom. The average Bonchev–Trinajstić information content (AvgIpc) is 2.99. The van der Waals surface area contributed by atoms with Gasteiger partial charge >= 0.3 is 0 Å². The number of ether oxygens (including phenoxy) is 1. The molecule has 0 spiro atoms. The molecule has 0 heterocycles. The van der Waals surface area contributed by atoms with Crippen molar-refractivity contribution < 1.29 is 9.53 Å². The third-order valence-corrected chi connectivity index (χ3v) is 4.33. The third kappa shape index (κ3) is 3.37. The normalized spacial score (nSPS) is 20.8. The number of ketones is 1. The minimum atomic E-state index is 0.0324. The van der Waals surface area contributed by atoms with E-state index in [-0.39, 0.29) is 11.8 Å². The van der Waals surface area contributed by atoms with Crippen molar-refractivity contribution in [2.75, 3.05) is 6.61 Å². The maximum Gasteiger partial charge on any atom is 0.193 e. The highest BCUT2D eigenvalue weighted by Crippen LogP contribution is 2.25. The molecule has 2 atom stereocenters. The Kier molecular flexibility index (Phi) is 4.54. The molecule has 1 fully saturated rings. The van der Waals surface area contributed by atoms with E-state index in [1.807, 2.05) is 54.6 Å². The highest BCUT2D eigenvalue weighted by Gasteiger charge is 2.24. The van der Waals surface area contributed by atoms with E-state index in [1.54, 1.807) is 0 Å². The molecule has 2 aromatic rings. The van der Waals surface area contributed by atoms with Crippen LogP contribution in [0.25, 0.3) is 0 Å². The fraction of sp³-hybridized carbons (Fsp3) is 0.316. The summed E-state index contributed by atoms with van der Waals surface area (Å²) < 4.78 is 5.81. The molecule has 0 aliphatic heterocycles. The molecule has 2 aromatic carbocycles. The van der Waals surface area contributed by atoms with Crippen LogP contribution in [-0.2, 0) is 0 Å². The number of carbonyl (C=O) groups is 1. The van der Waals surface area contributed by atoms with Crippen molar-refractivity contribution in [3.05, 3.63) is 65.7 Å². The summed E-state index contributed by atoms with van der Waals surface area (Å²) >= 11 is 0. The number of benzene rings is 2. The van der Waals surface area contributed by atoms with Gasteiger partial charge in [-0.05, 0) is 37.1 Å². The third-order valence-electron chi connectivity index (χ3n) is 4.33. The smallest absolute Gasteiger partial charge is 0.193 e. The standard InChI is InChI=1S/C19H21NO2/c20-18-8-4-7-16(18)13-22-17-11-9-15(10-12-17)19(21)14-5-2-1-3-6-14/h1-3,5-6,9-12,16,18H,4,7-8,13,20H2/t16-,18-/m0/s1. The van der Waals surface area contributed by atoms with E-state index in [0.717, 1.165) is 18.6 Å². The number of nitrogens with two attached hydrogens (primary N) is 1. The first kappa shape index (κ1) is 14.8. The van der Waals surface area contributed by atoms with Crippen molar-refractivity contribution in [2.24, 2.45) is 11.7 Å². The molecule has 0 saturated heterocycles. The lowest BCUT2D eigenvalue weighted by Crippen LogP contribution is -2.28. The Hall–Kier alpha value is -2.13. The molecule has 1 aliphatic rings. The largest absolute Gasteiger partial charge is 0.493 e. The number of hydrogen-bond donors (Lipinski definition) is 1. The van der Waals surface area contributed by atoms with Crippen molar-refractivity contribution in [3.63, 3.8) is 0 Å². The van der Waals surface area contributed by atoms with Gasteiger partial charge in [-0.25, -0.2) is 0 Å². The Bertz CT molecular complexity index is 622. The van der Waals surface area contributed by atoms with E-state index < -0.39 is 0 Å². The second-order valence-electron chi connectivity index (χ2n) is 5.89. The number of hydrogen-bond acceptors (Lipinski definition) is 3. The van der Waals surface area contributed by atoms with E-state index in [0.29, 0.717) is 23.7 Å². The van der Waals surface area contributed by atoms with Crippen LogP contribution in [0.5, 0.6) is 5.75 Å². The van der Waals surface area contributed by atoms with E-state index in [9.17, 15) is 4.79 Å².